The van der Waals surface area contributed by atoms with Crippen LogP contribution < -0.4 is 5.32 Å². The van der Waals surface area contributed by atoms with Gasteiger partial charge in [0, 0.05) is 49.8 Å². The summed E-state index contributed by atoms with van der Waals surface area (Å²) in [6.07, 6.45) is 7.72. The van der Waals surface area contributed by atoms with Crippen molar-refractivity contribution in [3.8, 4) is 11.3 Å². The van der Waals surface area contributed by atoms with Crippen molar-refractivity contribution in [3.05, 3.63) is 36.0 Å². The van der Waals surface area contributed by atoms with E-state index in [1.807, 2.05) is 6.20 Å². The lowest BCUT2D eigenvalue weighted by Gasteiger charge is -2.29. The van der Waals surface area contributed by atoms with Gasteiger partial charge in [-0.2, -0.15) is 8.78 Å². The van der Waals surface area contributed by atoms with Crippen LogP contribution >= 0.6 is 0 Å². The van der Waals surface area contributed by atoms with Crippen molar-refractivity contribution in [3.63, 3.8) is 0 Å². The van der Waals surface area contributed by atoms with Crippen molar-refractivity contribution in [2.24, 2.45) is 0 Å². The Bertz CT molecular complexity index is 1150. The van der Waals surface area contributed by atoms with E-state index >= 15 is 0 Å². The number of fused-ring (bicyclic) bond motifs is 1. The normalized spacial score (nSPS) is 19.3. The van der Waals surface area contributed by atoms with E-state index in [-0.39, 0.29) is 18.1 Å². The predicted molar refractivity (Wildman–Crippen MR) is 118 cm³/mol. The third-order valence-corrected chi connectivity index (χ3v) is 5.92. The van der Waals surface area contributed by atoms with E-state index in [9.17, 15) is 13.6 Å². The zero-order valence-corrected chi connectivity index (χ0v) is 18.7. The molecule has 1 saturated carbocycles. The molecule has 0 bridgehead atoms. The highest BCUT2D eigenvalue weighted by Crippen LogP contribution is 2.38. The zero-order chi connectivity index (χ0) is 23.0. The second-order valence-corrected chi connectivity index (χ2v) is 8.49. The van der Waals surface area contributed by atoms with Gasteiger partial charge in [0.05, 0.1) is 23.5 Å². The molecule has 3 aromatic rings. The maximum atomic E-state index is 14.0. The fourth-order valence-electron chi connectivity index (χ4n) is 4.36. The minimum atomic E-state index is -3.15. The molecule has 9 heteroatoms. The number of rotatable bonds is 5. The summed E-state index contributed by atoms with van der Waals surface area (Å²) >= 11 is 0. The molecule has 3 heterocycles. The average Bonchev–Trinajstić information content (AvgIpc) is 3.11. The molecule has 0 aromatic carbocycles. The first-order valence-electron chi connectivity index (χ1n) is 10.7. The smallest absolute Gasteiger partial charge is 0.303 e. The molecule has 1 N–H and O–H groups in total. The Labute approximate surface area is 185 Å². The number of alkyl halides is 2. The number of ether oxygens (including phenoxy) is 1. The highest BCUT2D eigenvalue weighted by Gasteiger charge is 2.30. The van der Waals surface area contributed by atoms with E-state index < -0.39 is 11.7 Å². The maximum absolute atomic E-state index is 14.0. The number of pyridine rings is 1. The van der Waals surface area contributed by atoms with E-state index in [1.54, 1.807) is 32.4 Å². The van der Waals surface area contributed by atoms with Crippen molar-refractivity contribution in [2.45, 2.75) is 64.5 Å². The van der Waals surface area contributed by atoms with E-state index in [2.05, 4.69) is 24.8 Å². The minimum absolute atomic E-state index is 0.235. The van der Waals surface area contributed by atoms with Crippen LogP contribution in [0.3, 0.4) is 0 Å². The van der Waals surface area contributed by atoms with Gasteiger partial charge >= 0.3 is 5.92 Å². The topological polar surface area (TPSA) is 81.9 Å². The van der Waals surface area contributed by atoms with Gasteiger partial charge in [0.15, 0.2) is 5.82 Å². The highest BCUT2D eigenvalue weighted by atomic mass is 19.3. The summed E-state index contributed by atoms with van der Waals surface area (Å²) in [6.45, 7) is 3.88. The summed E-state index contributed by atoms with van der Waals surface area (Å²) in [6, 6.07) is 3.71. The van der Waals surface area contributed by atoms with Gasteiger partial charge in [-0.15, -0.1) is 0 Å². The zero-order valence-electron chi connectivity index (χ0n) is 18.7. The molecule has 4 rings (SSSR count). The van der Waals surface area contributed by atoms with Gasteiger partial charge < -0.3 is 14.6 Å². The Kier molecular flexibility index (Phi) is 5.94. The number of aromatic nitrogens is 4. The first-order valence-corrected chi connectivity index (χ1v) is 10.7. The summed E-state index contributed by atoms with van der Waals surface area (Å²) < 4.78 is 35.7. The SMILES string of the molecule is COC1CCC(n2cc(-c3cc(C)nc(C(C)(F)F)n3)c3cc(NC(C)=O)ncc32)CC1. The molecule has 170 valence electrons. The summed E-state index contributed by atoms with van der Waals surface area (Å²) in [4.78, 5) is 24.1. The van der Waals surface area contributed by atoms with Gasteiger partial charge in [0.2, 0.25) is 5.91 Å². The molecule has 0 radical (unpaired) electrons. The van der Waals surface area contributed by atoms with Crippen LogP contribution in [-0.2, 0) is 15.5 Å². The van der Waals surface area contributed by atoms with Crippen LogP contribution in [0.25, 0.3) is 22.2 Å². The van der Waals surface area contributed by atoms with Crippen LogP contribution in [0.2, 0.25) is 0 Å². The van der Waals surface area contributed by atoms with Gasteiger partial charge in [-0.25, -0.2) is 15.0 Å². The fraction of sp³-hybridized carbons (Fsp3) is 0.478. The highest BCUT2D eigenvalue weighted by molar-refractivity contribution is 5.98. The number of hydrogen-bond acceptors (Lipinski definition) is 5. The Balaban J connectivity index is 1.86. The number of nitrogens with one attached hydrogen (secondary N) is 1. The van der Waals surface area contributed by atoms with E-state index in [0.29, 0.717) is 22.8 Å². The van der Waals surface area contributed by atoms with Crippen LogP contribution in [0.15, 0.2) is 24.5 Å². The number of carbonyl (C=O) groups is 1. The molecule has 0 unspecified atom stereocenters. The van der Waals surface area contributed by atoms with Gasteiger partial charge in [0.1, 0.15) is 5.82 Å². The molecule has 3 aromatic heterocycles. The van der Waals surface area contributed by atoms with Crippen molar-refractivity contribution >= 4 is 22.6 Å². The van der Waals surface area contributed by atoms with E-state index in [0.717, 1.165) is 43.5 Å². The van der Waals surface area contributed by atoms with Gasteiger partial charge in [0.25, 0.3) is 0 Å². The number of halogens is 2. The number of carbonyl (C=O) groups excluding carboxylic acids is 1. The summed E-state index contributed by atoms with van der Waals surface area (Å²) in [7, 11) is 1.74. The van der Waals surface area contributed by atoms with Crippen LogP contribution in [0.4, 0.5) is 14.6 Å². The lowest BCUT2D eigenvalue weighted by molar-refractivity contribution is -0.114. The second-order valence-electron chi connectivity index (χ2n) is 8.49. The summed E-state index contributed by atoms with van der Waals surface area (Å²) in [5, 5.41) is 3.49. The molecule has 7 nitrogen and oxygen atoms in total. The standard InChI is InChI=1S/C23H27F2N5O2/c1-13-9-19(29-22(27-13)23(3,24)25)18-12-30(15-5-7-16(32-4)8-6-15)20-11-26-21(10-17(18)20)28-14(2)31/h9-12,15-16H,5-8H2,1-4H3,(H,26,28,31). The van der Waals surface area contributed by atoms with E-state index in [1.165, 1.54) is 6.92 Å². The number of anilines is 1. The third-order valence-electron chi connectivity index (χ3n) is 5.92. The Morgan fingerprint density at radius 1 is 1.22 bits per heavy atom. The van der Waals surface area contributed by atoms with Gasteiger partial charge in [-0.05, 0) is 44.7 Å². The molecular formula is C23H27F2N5O2. The van der Waals surface area contributed by atoms with Gasteiger partial charge in [-0.3, -0.25) is 4.79 Å². The first-order chi connectivity index (χ1) is 15.2. The maximum Gasteiger partial charge on any atom is 0.303 e. The summed E-state index contributed by atoms with van der Waals surface area (Å²) in [5.74, 6) is -3.49. The van der Waals surface area contributed by atoms with Crippen LogP contribution in [0, 0.1) is 6.92 Å². The average molecular weight is 443 g/mol. The van der Waals surface area contributed by atoms with Crippen molar-refractivity contribution in [2.75, 3.05) is 12.4 Å². The third kappa shape index (κ3) is 4.48. The van der Waals surface area contributed by atoms with Crippen LogP contribution in [0.1, 0.15) is 57.1 Å². The monoisotopic (exact) mass is 443 g/mol. The van der Waals surface area contributed by atoms with Crippen LogP contribution in [-0.4, -0.2) is 38.6 Å². The lowest BCUT2D eigenvalue weighted by atomic mass is 9.93. The number of hydrogen-bond donors (Lipinski definition) is 1. The minimum Gasteiger partial charge on any atom is -0.381 e. The summed E-state index contributed by atoms with van der Waals surface area (Å²) in [5.41, 5.74) is 2.46. The molecule has 1 aliphatic carbocycles. The fourth-order valence-corrected chi connectivity index (χ4v) is 4.36. The Morgan fingerprint density at radius 3 is 2.56 bits per heavy atom. The first kappa shape index (κ1) is 22.3. The number of methoxy groups -OCH3 is 1. The largest absolute Gasteiger partial charge is 0.381 e. The van der Waals surface area contributed by atoms with Gasteiger partial charge in [-0.1, -0.05) is 0 Å². The van der Waals surface area contributed by atoms with Crippen molar-refractivity contribution in [1.29, 1.82) is 0 Å². The van der Waals surface area contributed by atoms with E-state index in [4.69, 9.17) is 4.74 Å². The number of nitrogens with zero attached hydrogens (tertiary/aromatic N) is 4. The molecule has 0 atom stereocenters. The van der Waals surface area contributed by atoms with Crippen molar-refractivity contribution < 1.29 is 18.3 Å². The molecule has 0 saturated heterocycles. The number of aryl methyl sites for hydroxylation is 1. The molecule has 1 aliphatic rings. The quantitative estimate of drug-likeness (QED) is 0.600. The molecule has 0 spiro atoms. The predicted octanol–water partition coefficient (Wildman–Crippen LogP) is 5.00. The Morgan fingerprint density at radius 2 is 1.94 bits per heavy atom. The molecule has 1 amide bonds. The number of amides is 1. The van der Waals surface area contributed by atoms with Crippen LogP contribution in [0.5, 0.6) is 0 Å². The molecule has 32 heavy (non-hydrogen) atoms. The second kappa shape index (κ2) is 8.54. The molecule has 0 aliphatic heterocycles. The lowest BCUT2D eigenvalue weighted by Crippen LogP contribution is -2.22. The Hall–Kier alpha value is -2.94. The molecule has 1 fully saturated rings. The molecular weight excluding hydrogens is 416 g/mol. The van der Waals surface area contributed by atoms with Crippen molar-refractivity contribution in [1.82, 2.24) is 19.5 Å².